The number of aromatic nitrogens is 4. The Morgan fingerprint density at radius 3 is 2.11 bits per heavy atom. The van der Waals surface area contributed by atoms with Crippen LogP contribution in [0.1, 0.15) is 11.3 Å². The number of carbonyl (C=O) groups is 2. The van der Waals surface area contributed by atoms with Crippen LogP contribution < -0.4 is 4.90 Å². The molecule has 0 amide bonds. The number of rotatable bonds is 3. The smallest absolute Gasteiger partial charge is 0.475 e. The molecule has 0 aliphatic carbocycles. The van der Waals surface area contributed by atoms with Crippen LogP contribution in [-0.2, 0) is 27.9 Å². The molecule has 17 heteroatoms. The van der Waals surface area contributed by atoms with Crippen molar-refractivity contribution in [2.45, 2.75) is 38.0 Å². The molecule has 0 radical (unpaired) electrons. The van der Waals surface area contributed by atoms with Gasteiger partial charge in [-0.05, 0) is 19.1 Å². The van der Waals surface area contributed by atoms with Crippen molar-refractivity contribution in [3.05, 3.63) is 35.8 Å². The topological polar surface area (TPSA) is 134 Å². The van der Waals surface area contributed by atoms with Gasteiger partial charge in [0.15, 0.2) is 5.82 Å². The molecule has 0 bridgehead atoms. The largest absolute Gasteiger partial charge is 0.490 e. The molecule has 2 fully saturated rings. The van der Waals surface area contributed by atoms with E-state index in [2.05, 4.69) is 37.4 Å². The number of anilines is 1. The van der Waals surface area contributed by atoms with Gasteiger partial charge in [-0.3, -0.25) is 9.58 Å². The molecule has 0 saturated carbocycles. The van der Waals surface area contributed by atoms with Crippen molar-refractivity contribution in [2.24, 2.45) is 7.05 Å². The zero-order valence-electron chi connectivity index (χ0n) is 19.6. The fourth-order valence-corrected chi connectivity index (χ4v) is 3.53. The zero-order valence-corrected chi connectivity index (χ0v) is 19.6. The molecule has 4 rings (SSSR count). The van der Waals surface area contributed by atoms with Crippen LogP contribution in [0, 0.1) is 6.92 Å². The van der Waals surface area contributed by atoms with Crippen molar-refractivity contribution in [3.63, 3.8) is 0 Å². The van der Waals surface area contributed by atoms with Crippen LogP contribution in [0.25, 0.3) is 0 Å². The summed E-state index contributed by atoms with van der Waals surface area (Å²) in [6.07, 6.45) is -5.92. The normalized spacial score (nSPS) is 19.7. The van der Waals surface area contributed by atoms with Crippen molar-refractivity contribution >= 4 is 17.8 Å². The number of fused-ring (bicyclic) bond motifs is 1. The average Bonchev–Trinajstić information content (AvgIpc) is 3.39. The number of halogens is 6. The summed E-state index contributed by atoms with van der Waals surface area (Å²) in [5, 5.41) is 27.1. The van der Waals surface area contributed by atoms with E-state index in [9.17, 15) is 26.3 Å². The van der Waals surface area contributed by atoms with Gasteiger partial charge in [-0.25, -0.2) is 9.59 Å². The first-order chi connectivity index (χ1) is 17.1. The van der Waals surface area contributed by atoms with Crippen LogP contribution in [0.5, 0.6) is 0 Å². The highest BCUT2D eigenvalue weighted by Crippen LogP contribution is 2.27. The van der Waals surface area contributed by atoms with Crippen LogP contribution in [0.2, 0.25) is 0 Å². The van der Waals surface area contributed by atoms with Crippen molar-refractivity contribution < 1.29 is 50.9 Å². The van der Waals surface area contributed by atoms with Crippen LogP contribution >= 0.6 is 0 Å². The van der Waals surface area contributed by atoms with Gasteiger partial charge in [-0.2, -0.15) is 36.5 Å². The molecule has 2 aromatic heterocycles. The highest BCUT2D eigenvalue weighted by Gasteiger charge is 2.41. The monoisotopic (exact) mass is 542 g/mol. The molecule has 37 heavy (non-hydrogen) atoms. The Bertz CT molecular complexity index is 1020. The number of likely N-dealkylation sites (tertiary alicyclic amines) is 1. The molecule has 0 aromatic carbocycles. The van der Waals surface area contributed by atoms with Gasteiger partial charge in [0.2, 0.25) is 0 Å². The second-order valence-electron chi connectivity index (χ2n) is 8.03. The maximum atomic E-state index is 10.6. The molecule has 4 heterocycles. The zero-order chi connectivity index (χ0) is 28.0. The molecule has 2 atom stereocenters. The summed E-state index contributed by atoms with van der Waals surface area (Å²) in [7, 11) is 1.95. The molecule has 2 N–H and O–H groups in total. The van der Waals surface area contributed by atoms with E-state index in [0.717, 1.165) is 44.3 Å². The Labute approximate surface area is 206 Å². The molecular formula is C20H24F6N6O5. The lowest BCUT2D eigenvalue weighted by Gasteiger charge is -2.37. The second kappa shape index (κ2) is 12.2. The molecule has 2 saturated heterocycles. The van der Waals surface area contributed by atoms with Gasteiger partial charge in [0.05, 0.1) is 30.6 Å². The summed E-state index contributed by atoms with van der Waals surface area (Å²) in [6.45, 7) is 6.43. The van der Waals surface area contributed by atoms with Crippen molar-refractivity contribution in [1.82, 2.24) is 24.9 Å². The van der Waals surface area contributed by atoms with Crippen LogP contribution in [0.4, 0.5) is 32.2 Å². The average molecular weight is 542 g/mol. The van der Waals surface area contributed by atoms with Crippen LogP contribution in [-0.4, -0.2) is 97.8 Å². The number of aryl methyl sites for hydroxylation is 2. The predicted molar refractivity (Wildman–Crippen MR) is 114 cm³/mol. The fraction of sp³-hybridized carbons (Fsp3) is 0.550. The van der Waals surface area contributed by atoms with Crippen molar-refractivity contribution in [3.8, 4) is 0 Å². The standard InChI is InChI=1S/C16H22N6O.2C2HF3O2/c1-12-3-4-16(19-18-12)22-5-6-23-15-11-21(10-14(15)22)9-13-7-17-20(2)8-13;2*3-2(4,5)1(6)7/h3-4,7-8,14-15H,5-6,9-11H2,1-2H3;2*(H,6,7)/t14-,15+;;/m1../s1. The van der Waals surface area contributed by atoms with E-state index in [4.69, 9.17) is 24.5 Å². The number of alkyl halides is 6. The Morgan fingerprint density at radius 1 is 1.05 bits per heavy atom. The number of hydrogen-bond acceptors (Lipinski definition) is 8. The van der Waals surface area contributed by atoms with Gasteiger partial charge < -0.3 is 19.8 Å². The number of hydrogen-bond donors (Lipinski definition) is 2. The lowest BCUT2D eigenvalue weighted by molar-refractivity contribution is -0.193. The number of aliphatic carboxylic acids is 2. The van der Waals surface area contributed by atoms with E-state index in [0.29, 0.717) is 6.04 Å². The molecular weight excluding hydrogens is 518 g/mol. The minimum atomic E-state index is -5.08. The summed E-state index contributed by atoms with van der Waals surface area (Å²) in [6, 6.07) is 4.43. The Morgan fingerprint density at radius 2 is 1.65 bits per heavy atom. The Balaban J connectivity index is 0.000000286. The highest BCUT2D eigenvalue weighted by atomic mass is 19.4. The molecule has 2 aliphatic rings. The molecule has 0 spiro atoms. The minimum absolute atomic E-state index is 0.239. The van der Waals surface area contributed by atoms with Gasteiger partial charge in [-0.15, -0.1) is 5.10 Å². The molecule has 11 nitrogen and oxygen atoms in total. The molecule has 2 aromatic rings. The first-order valence-electron chi connectivity index (χ1n) is 10.6. The number of carboxylic acids is 2. The number of ether oxygens (including phenoxy) is 1. The summed E-state index contributed by atoms with van der Waals surface area (Å²) in [5.74, 6) is -4.56. The first-order valence-corrected chi connectivity index (χ1v) is 10.6. The summed E-state index contributed by atoms with van der Waals surface area (Å²) >= 11 is 0. The number of carboxylic acid groups (broad SMARTS) is 2. The first kappa shape index (κ1) is 29.8. The Hall–Kier alpha value is -3.47. The van der Waals surface area contributed by atoms with Gasteiger partial charge in [0, 0.05) is 45.0 Å². The Kier molecular flexibility index (Phi) is 9.80. The molecule has 0 unspecified atom stereocenters. The number of morpholine rings is 1. The third-order valence-electron chi connectivity index (χ3n) is 5.10. The van der Waals surface area contributed by atoms with E-state index in [1.54, 1.807) is 0 Å². The van der Waals surface area contributed by atoms with Crippen molar-refractivity contribution in [1.29, 1.82) is 0 Å². The van der Waals surface area contributed by atoms with E-state index >= 15 is 0 Å². The fourth-order valence-electron chi connectivity index (χ4n) is 3.53. The van der Waals surface area contributed by atoms with Crippen LogP contribution in [0.15, 0.2) is 24.5 Å². The predicted octanol–water partition coefficient (Wildman–Crippen LogP) is 1.87. The van der Waals surface area contributed by atoms with Gasteiger partial charge in [0.25, 0.3) is 0 Å². The van der Waals surface area contributed by atoms with E-state index in [1.165, 1.54) is 5.56 Å². The maximum Gasteiger partial charge on any atom is 0.490 e. The summed E-state index contributed by atoms with van der Waals surface area (Å²) in [4.78, 5) is 22.6. The SMILES string of the molecule is Cc1ccc(N2CCO[C@H]3CN(Cc4cnn(C)c4)C[C@H]32)nn1.O=C(O)C(F)(F)F.O=C(O)C(F)(F)F. The minimum Gasteiger partial charge on any atom is -0.475 e. The molecule has 2 aliphatic heterocycles. The summed E-state index contributed by atoms with van der Waals surface area (Å²) < 4.78 is 71.3. The van der Waals surface area contributed by atoms with E-state index < -0.39 is 24.3 Å². The lowest BCUT2D eigenvalue weighted by Crippen LogP contribution is -2.51. The molecule has 206 valence electrons. The van der Waals surface area contributed by atoms with E-state index in [1.807, 2.05) is 30.9 Å². The third kappa shape index (κ3) is 9.16. The summed E-state index contributed by atoms with van der Waals surface area (Å²) in [5.41, 5.74) is 2.19. The highest BCUT2D eigenvalue weighted by molar-refractivity contribution is 5.73. The second-order valence-corrected chi connectivity index (χ2v) is 8.03. The number of nitrogens with zero attached hydrogens (tertiary/aromatic N) is 6. The lowest BCUT2D eigenvalue weighted by atomic mass is 10.1. The van der Waals surface area contributed by atoms with Crippen LogP contribution in [0.3, 0.4) is 0 Å². The van der Waals surface area contributed by atoms with Crippen molar-refractivity contribution in [2.75, 3.05) is 31.1 Å². The van der Waals surface area contributed by atoms with E-state index in [-0.39, 0.29) is 6.10 Å². The van der Waals surface area contributed by atoms with Gasteiger partial charge in [-0.1, -0.05) is 0 Å². The maximum absolute atomic E-state index is 10.6. The third-order valence-corrected chi connectivity index (χ3v) is 5.10. The van der Waals surface area contributed by atoms with Gasteiger partial charge >= 0.3 is 24.3 Å². The quantitative estimate of drug-likeness (QED) is 0.554. The van der Waals surface area contributed by atoms with Gasteiger partial charge in [0.1, 0.15) is 0 Å².